The minimum atomic E-state index is -0.863. The molecule has 196 valence electrons. The topological polar surface area (TPSA) is 107 Å². The lowest BCUT2D eigenvalue weighted by Gasteiger charge is -2.33. The molecule has 1 atom stereocenters. The Kier molecular flexibility index (Phi) is 14.8. The Hall–Kier alpha value is -2.55. The number of anilines is 1. The summed E-state index contributed by atoms with van der Waals surface area (Å²) in [6.45, 7) is 13.4. The first kappa shape index (κ1) is 30.5. The van der Waals surface area contributed by atoms with Crippen molar-refractivity contribution < 1.29 is 19.5 Å². The summed E-state index contributed by atoms with van der Waals surface area (Å²) < 4.78 is 0. The number of carboxylic acids is 1. The first-order valence-corrected chi connectivity index (χ1v) is 12.5. The van der Waals surface area contributed by atoms with Crippen molar-refractivity contribution in [3.05, 3.63) is 42.5 Å². The summed E-state index contributed by atoms with van der Waals surface area (Å²) >= 11 is 0. The molecular formula is C27H44N4O4. The molecular weight excluding hydrogens is 444 g/mol. The number of ketones is 2. The molecule has 1 aromatic carbocycles. The van der Waals surface area contributed by atoms with Gasteiger partial charge in [-0.3, -0.25) is 29.1 Å². The Morgan fingerprint density at radius 2 is 1.49 bits per heavy atom. The molecule has 0 spiro atoms. The number of nitrogen functional groups attached to an aromatic ring is 1. The molecule has 0 aliphatic carbocycles. The van der Waals surface area contributed by atoms with Crippen molar-refractivity contribution in [2.45, 2.75) is 52.5 Å². The van der Waals surface area contributed by atoms with Gasteiger partial charge in [-0.15, -0.1) is 6.58 Å². The van der Waals surface area contributed by atoms with Crippen molar-refractivity contribution in [1.29, 1.82) is 0 Å². The monoisotopic (exact) mass is 488 g/mol. The van der Waals surface area contributed by atoms with E-state index >= 15 is 0 Å². The van der Waals surface area contributed by atoms with Crippen molar-refractivity contribution in [2.75, 3.05) is 58.1 Å². The van der Waals surface area contributed by atoms with Crippen molar-refractivity contribution in [3.63, 3.8) is 0 Å². The smallest absolute Gasteiger partial charge is 0.320 e. The Morgan fingerprint density at radius 3 is 1.94 bits per heavy atom. The molecule has 35 heavy (non-hydrogen) atoms. The van der Waals surface area contributed by atoms with Gasteiger partial charge in [-0.2, -0.15) is 0 Å². The molecule has 0 radical (unpaired) electrons. The van der Waals surface area contributed by atoms with Gasteiger partial charge in [-0.25, -0.2) is 0 Å². The van der Waals surface area contributed by atoms with Gasteiger partial charge in [0.05, 0.1) is 13.1 Å². The highest BCUT2D eigenvalue weighted by Crippen LogP contribution is 2.14. The van der Waals surface area contributed by atoms with E-state index in [9.17, 15) is 19.5 Å². The molecule has 1 rings (SSSR count). The number of benzene rings is 1. The van der Waals surface area contributed by atoms with E-state index < -0.39 is 12.0 Å². The number of carbonyl (C=O) groups excluding carboxylic acids is 2. The van der Waals surface area contributed by atoms with Gasteiger partial charge >= 0.3 is 5.97 Å². The Morgan fingerprint density at radius 1 is 0.943 bits per heavy atom. The first-order chi connectivity index (χ1) is 16.7. The summed E-state index contributed by atoms with van der Waals surface area (Å²) in [6.07, 6.45) is 4.57. The van der Waals surface area contributed by atoms with Crippen LogP contribution in [-0.2, 0) is 20.8 Å². The number of nitrogens with two attached hydrogens (primary N) is 1. The average Bonchev–Trinajstić information content (AvgIpc) is 2.78. The number of rotatable bonds is 20. The van der Waals surface area contributed by atoms with E-state index in [1.807, 2.05) is 35.2 Å². The molecule has 8 nitrogen and oxygen atoms in total. The number of hydrogen-bond acceptors (Lipinski definition) is 7. The van der Waals surface area contributed by atoms with Crippen LogP contribution in [0.1, 0.15) is 45.6 Å². The minimum Gasteiger partial charge on any atom is -0.480 e. The number of Topliss-reactive ketones (excluding diaryl/α,β-unsaturated/α-hetero) is 2. The first-order valence-electron chi connectivity index (χ1n) is 12.5. The van der Waals surface area contributed by atoms with Crippen LogP contribution in [0.25, 0.3) is 0 Å². The highest BCUT2D eigenvalue weighted by Gasteiger charge is 2.26. The highest BCUT2D eigenvalue weighted by atomic mass is 16.4. The summed E-state index contributed by atoms with van der Waals surface area (Å²) in [7, 11) is 0. The molecule has 0 saturated heterocycles. The number of carboxylic acid groups (broad SMARTS) is 1. The van der Waals surface area contributed by atoms with E-state index in [0.29, 0.717) is 64.3 Å². The second-order valence-electron chi connectivity index (χ2n) is 9.20. The second kappa shape index (κ2) is 17.0. The summed E-state index contributed by atoms with van der Waals surface area (Å²) in [5.41, 5.74) is 7.50. The van der Waals surface area contributed by atoms with Gasteiger partial charge in [-0.05, 0) is 63.8 Å². The van der Waals surface area contributed by atoms with Crippen molar-refractivity contribution in [3.8, 4) is 0 Å². The fourth-order valence-corrected chi connectivity index (χ4v) is 4.17. The number of carbonyl (C=O) groups is 3. The van der Waals surface area contributed by atoms with Gasteiger partial charge in [0.2, 0.25) is 0 Å². The molecule has 0 saturated carbocycles. The fraction of sp³-hybridized carbons (Fsp3) is 0.593. The minimum absolute atomic E-state index is 0.0781. The third kappa shape index (κ3) is 13.2. The summed E-state index contributed by atoms with van der Waals surface area (Å²) in [6, 6.07) is 6.84. The van der Waals surface area contributed by atoms with E-state index in [1.54, 1.807) is 13.8 Å². The maximum Gasteiger partial charge on any atom is 0.320 e. The van der Waals surface area contributed by atoms with Crippen molar-refractivity contribution in [1.82, 2.24) is 14.7 Å². The lowest BCUT2D eigenvalue weighted by molar-refractivity contribution is -0.144. The zero-order chi connectivity index (χ0) is 26.2. The summed E-state index contributed by atoms with van der Waals surface area (Å²) in [5.74, 6) is -0.687. The third-order valence-corrected chi connectivity index (χ3v) is 5.90. The van der Waals surface area contributed by atoms with Crippen LogP contribution in [0.5, 0.6) is 0 Å². The third-order valence-electron chi connectivity index (χ3n) is 5.90. The average molecular weight is 489 g/mol. The summed E-state index contributed by atoms with van der Waals surface area (Å²) in [4.78, 5) is 41.9. The zero-order valence-corrected chi connectivity index (χ0v) is 21.7. The molecule has 0 fully saturated rings. The zero-order valence-electron chi connectivity index (χ0n) is 21.7. The number of aliphatic carboxylic acids is 1. The molecule has 0 aliphatic heterocycles. The van der Waals surface area contributed by atoms with E-state index in [1.165, 1.54) is 0 Å². The second-order valence-corrected chi connectivity index (χ2v) is 9.20. The van der Waals surface area contributed by atoms with Gasteiger partial charge in [0.1, 0.15) is 17.6 Å². The van der Waals surface area contributed by atoms with Crippen LogP contribution in [0.2, 0.25) is 0 Å². The Balaban J connectivity index is 3.00. The fourth-order valence-electron chi connectivity index (χ4n) is 4.17. The largest absolute Gasteiger partial charge is 0.480 e. The van der Waals surface area contributed by atoms with E-state index in [2.05, 4.69) is 23.3 Å². The standard InChI is InChI=1S/C27H44N4O4/c1-5-7-15-30(21-23(4)33)17-19-31(18-16-29(14-6-2)20-22(3)32)26(27(34)35)13-10-24-8-11-25(28)12-9-24/h5,8-9,11-12,26H,1,6-7,10,13-21,28H2,2-4H3,(H,34,35). The normalized spacial score (nSPS) is 12.3. The predicted octanol–water partition coefficient (Wildman–Crippen LogP) is 2.72. The number of hydrogen-bond donors (Lipinski definition) is 2. The molecule has 1 unspecified atom stereocenters. The van der Waals surface area contributed by atoms with Gasteiger partial charge in [0.25, 0.3) is 0 Å². The van der Waals surface area contributed by atoms with Gasteiger partial charge < -0.3 is 10.8 Å². The van der Waals surface area contributed by atoms with Crippen LogP contribution in [0.3, 0.4) is 0 Å². The van der Waals surface area contributed by atoms with Crippen LogP contribution in [0.4, 0.5) is 5.69 Å². The van der Waals surface area contributed by atoms with E-state index in [0.717, 1.165) is 24.9 Å². The number of nitrogens with zero attached hydrogens (tertiary/aromatic N) is 3. The molecule has 0 amide bonds. The molecule has 0 heterocycles. The van der Waals surface area contributed by atoms with Crippen LogP contribution in [0.15, 0.2) is 36.9 Å². The molecule has 1 aromatic rings. The molecule has 3 N–H and O–H groups in total. The van der Waals surface area contributed by atoms with Gasteiger partial charge in [0, 0.05) is 38.4 Å². The van der Waals surface area contributed by atoms with Crippen LogP contribution < -0.4 is 5.73 Å². The highest BCUT2D eigenvalue weighted by molar-refractivity contribution is 5.78. The lowest BCUT2D eigenvalue weighted by Crippen LogP contribution is -2.49. The maximum atomic E-state index is 12.3. The van der Waals surface area contributed by atoms with Crippen LogP contribution in [0, 0.1) is 0 Å². The molecule has 0 aliphatic rings. The molecule has 0 aromatic heterocycles. The Bertz CT molecular complexity index is 797. The van der Waals surface area contributed by atoms with E-state index in [-0.39, 0.29) is 11.6 Å². The van der Waals surface area contributed by atoms with E-state index in [4.69, 9.17) is 5.73 Å². The predicted molar refractivity (Wildman–Crippen MR) is 142 cm³/mol. The quantitative estimate of drug-likeness (QED) is 0.213. The maximum absolute atomic E-state index is 12.3. The Labute approximate surface area is 210 Å². The lowest BCUT2D eigenvalue weighted by atomic mass is 10.0. The number of aryl methyl sites for hydroxylation is 1. The molecule has 8 heteroatoms. The van der Waals surface area contributed by atoms with Gasteiger partial charge in [-0.1, -0.05) is 25.1 Å². The van der Waals surface area contributed by atoms with Crippen LogP contribution >= 0.6 is 0 Å². The SMILES string of the molecule is C=CCCN(CCN(CCN(CCC)CC(C)=O)C(CCc1ccc(N)cc1)C(=O)O)CC(C)=O. The van der Waals surface area contributed by atoms with Crippen molar-refractivity contribution >= 4 is 23.2 Å². The van der Waals surface area contributed by atoms with Gasteiger partial charge in [0.15, 0.2) is 0 Å². The summed E-state index contributed by atoms with van der Waals surface area (Å²) in [5, 5.41) is 10.1. The van der Waals surface area contributed by atoms with Crippen LogP contribution in [-0.4, -0.2) is 95.7 Å². The molecule has 0 bridgehead atoms. The van der Waals surface area contributed by atoms with Crippen molar-refractivity contribution in [2.24, 2.45) is 0 Å².